The summed E-state index contributed by atoms with van der Waals surface area (Å²) < 4.78 is 21.2. The minimum atomic E-state index is -0.572. The number of benzene rings is 2. The van der Waals surface area contributed by atoms with E-state index < -0.39 is 10.9 Å². The molecule has 26 heavy (non-hydrogen) atoms. The quantitative estimate of drug-likeness (QED) is 0.634. The van der Waals surface area contributed by atoms with Crippen molar-refractivity contribution in [2.75, 3.05) is 28.4 Å². The first-order chi connectivity index (χ1) is 12.5. The number of rotatable bonds is 6. The molecule has 3 aromatic rings. The Hall–Kier alpha value is -3.28. The molecular formula is C20H18O6. The summed E-state index contributed by atoms with van der Waals surface area (Å²) >= 11 is 0. The van der Waals surface area contributed by atoms with Gasteiger partial charge in [-0.1, -0.05) is 12.1 Å². The molecule has 3 rings (SSSR count). The van der Waals surface area contributed by atoms with Gasteiger partial charge in [-0.15, -0.1) is 0 Å². The third kappa shape index (κ3) is 2.69. The zero-order chi connectivity index (χ0) is 18.8. The zero-order valence-corrected chi connectivity index (χ0v) is 14.9. The first-order valence-corrected chi connectivity index (χ1v) is 7.83. The molecular weight excluding hydrogens is 336 g/mol. The molecule has 0 aromatic heterocycles. The average Bonchev–Trinajstić information content (AvgIpc) is 2.70. The molecule has 0 saturated heterocycles. The van der Waals surface area contributed by atoms with Crippen LogP contribution in [-0.2, 0) is 0 Å². The van der Waals surface area contributed by atoms with Crippen LogP contribution in [0.3, 0.4) is 0 Å². The van der Waals surface area contributed by atoms with E-state index in [0.717, 1.165) is 0 Å². The molecule has 3 aromatic carbocycles. The number of ether oxygens (including phenoxy) is 4. The highest BCUT2D eigenvalue weighted by molar-refractivity contribution is 5.92. The van der Waals surface area contributed by atoms with Gasteiger partial charge in [-0.3, -0.25) is 9.59 Å². The van der Waals surface area contributed by atoms with E-state index in [4.69, 9.17) is 18.9 Å². The Labute approximate surface area is 150 Å². The van der Waals surface area contributed by atoms with Gasteiger partial charge < -0.3 is 18.9 Å². The summed E-state index contributed by atoms with van der Waals surface area (Å²) in [5.41, 5.74) is 0.565. The zero-order valence-electron chi connectivity index (χ0n) is 14.9. The van der Waals surface area contributed by atoms with Gasteiger partial charge >= 0.3 is 0 Å². The molecule has 0 amide bonds. The number of methoxy groups -OCH3 is 4. The summed E-state index contributed by atoms with van der Waals surface area (Å²) in [7, 11) is 6.05. The highest BCUT2D eigenvalue weighted by Gasteiger charge is 2.29. The van der Waals surface area contributed by atoms with Gasteiger partial charge in [0.15, 0.2) is 0 Å². The van der Waals surface area contributed by atoms with E-state index in [0.29, 0.717) is 39.7 Å². The lowest BCUT2D eigenvalue weighted by Gasteiger charge is -2.18. The van der Waals surface area contributed by atoms with Crippen LogP contribution in [0.4, 0.5) is 0 Å². The van der Waals surface area contributed by atoms with Gasteiger partial charge in [0.2, 0.25) is 10.9 Å². The van der Waals surface area contributed by atoms with Gasteiger partial charge in [0.05, 0.1) is 39.6 Å². The Morgan fingerprint density at radius 2 is 1.08 bits per heavy atom. The van der Waals surface area contributed by atoms with Crippen LogP contribution < -0.4 is 29.8 Å². The fraction of sp³-hybridized carbons (Fsp3) is 0.200. The van der Waals surface area contributed by atoms with Crippen molar-refractivity contribution < 1.29 is 18.9 Å². The summed E-state index contributed by atoms with van der Waals surface area (Å²) in [6.07, 6.45) is 0. The minimum absolute atomic E-state index is 0.275. The lowest BCUT2D eigenvalue weighted by atomic mass is 9.88. The predicted molar refractivity (Wildman–Crippen MR) is 98.4 cm³/mol. The standard InChI is InChI=1S/C20H18O6/c1-23-12-7-5-11(6-8-12)16-18(20(22)19(16)21)17-14(25-3)9-13(24-2)10-15(17)26-4/h5-10H,1-4H3. The third-order valence-corrected chi connectivity index (χ3v) is 4.25. The topological polar surface area (TPSA) is 71.1 Å². The van der Waals surface area contributed by atoms with Crippen molar-refractivity contribution in [3.05, 3.63) is 56.8 Å². The molecule has 0 atom stereocenters. The smallest absolute Gasteiger partial charge is 0.235 e. The molecule has 0 fully saturated rings. The molecule has 0 bridgehead atoms. The van der Waals surface area contributed by atoms with E-state index in [9.17, 15) is 9.59 Å². The van der Waals surface area contributed by atoms with E-state index >= 15 is 0 Å². The summed E-state index contributed by atoms with van der Waals surface area (Å²) in [6.45, 7) is 0. The predicted octanol–water partition coefficient (Wildman–Crippen LogP) is 2.65. The summed E-state index contributed by atoms with van der Waals surface area (Å²) in [6, 6.07) is 10.2. The van der Waals surface area contributed by atoms with E-state index in [1.807, 2.05) is 0 Å². The van der Waals surface area contributed by atoms with Crippen LogP contribution in [0, 0.1) is 0 Å². The lowest BCUT2D eigenvalue weighted by molar-refractivity contribution is 0.377. The second-order valence-corrected chi connectivity index (χ2v) is 5.54. The van der Waals surface area contributed by atoms with E-state index in [2.05, 4.69) is 0 Å². The van der Waals surface area contributed by atoms with Crippen molar-refractivity contribution in [2.45, 2.75) is 0 Å². The van der Waals surface area contributed by atoms with Crippen molar-refractivity contribution in [1.82, 2.24) is 0 Å². The second-order valence-electron chi connectivity index (χ2n) is 5.54. The summed E-state index contributed by atoms with van der Waals surface area (Å²) in [5, 5.41) is 0. The minimum Gasteiger partial charge on any atom is -0.497 e. The van der Waals surface area contributed by atoms with E-state index in [-0.39, 0.29) is 5.56 Å². The Bertz CT molecular complexity index is 985. The van der Waals surface area contributed by atoms with Gasteiger partial charge in [-0.2, -0.15) is 0 Å². The Morgan fingerprint density at radius 1 is 0.577 bits per heavy atom. The van der Waals surface area contributed by atoms with Crippen LogP contribution in [0.2, 0.25) is 0 Å². The summed E-state index contributed by atoms with van der Waals surface area (Å²) in [4.78, 5) is 24.7. The van der Waals surface area contributed by atoms with Gasteiger partial charge in [-0.25, -0.2) is 0 Å². The maximum atomic E-state index is 12.4. The maximum absolute atomic E-state index is 12.4. The van der Waals surface area contributed by atoms with Crippen molar-refractivity contribution in [2.24, 2.45) is 0 Å². The number of hydrogen-bond donors (Lipinski definition) is 0. The molecule has 0 N–H and O–H groups in total. The molecule has 134 valence electrons. The molecule has 6 nitrogen and oxygen atoms in total. The normalized spacial score (nSPS) is 10.6. The van der Waals surface area contributed by atoms with Crippen LogP contribution >= 0.6 is 0 Å². The Morgan fingerprint density at radius 3 is 1.54 bits per heavy atom. The molecule has 0 aliphatic rings. The van der Waals surface area contributed by atoms with Gasteiger partial charge in [0, 0.05) is 17.7 Å². The fourth-order valence-electron chi connectivity index (χ4n) is 2.92. The van der Waals surface area contributed by atoms with E-state index in [1.165, 1.54) is 21.3 Å². The molecule has 0 radical (unpaired) electrons. The average molecular weight is 354 g/mol. The van der Waals surface area contributed by atoms with Gasteiger partial charge in [-0.05, 0) is 17.7 Å². The van der Waals surface area contributed by atoms with Crippen LogP contribution in [-0.4, -0.2) is 28.4 Å². The molecule has 0 saturated carbocycles. The van der Waals surface area contributed by atoms with Crippen molar-refractivity contribution in [3.63, 3.8) is 0 Å². The Balaban J connectivity index is 2.24. The number of hydrogen-bond acceptors (Lipinski definition) is 6. The molecule has 0 spiro atoms. The highest BCUT2D eigenvalue weighted by Crippen LogP contribution is 2.43. The van der Waals surface area contributed by atoms with Crippen LogP contribution in [0.25, 0.3) is 22.3 Å². The van der Waals surface area contributed by atoms with Crippen LogP contribution in [0.15, 0.2) is 46.0 Å². The molecule has 0 aliphatic carbocycles. The van der Waals surface area contributed by atoms with Crippen molar-refractivity contribution in [3.8, 4) is 45.3 Å². The highest BCUT2D eigenvalue weighted by atomic mass is 16.5. The molecule has 0 unspecified atom stereocenters. The first kappa shape index (κ1) is 17.5. The molecule has 6 heteroatoms. The van der Waals surface area contributed by atoms with Gasteiger partial charge in [0.25, 0.3) is 0 Å². The third-order valence-electron chi connectivity index (χ3n) is 4.25. The largest absolute Gasteiger partial charge is 0.497 e. The van der Waals surface area contributed by atoms with Crippen molar-refractivity contribution >= 4 is 0 Å². The fourth-order valence-corrected chi connectivity index (χ4v) is 2.92. The Kier molecular flexibility index (Phi) is 4.67. The van der Waals surface area contributed by atoms with E-state index in [1.54, 1.807) is 43.5 Å². The molecule has 0 heterocycles. The second kappa shape index (κ2) is 6.92. The van der Waals surface area contributed by atoms with Crippen LogP contribution in [0.5, 0.6) is 23.0 Å². The van der Waals surface area contributed by atoms with Crippen molar-refractivity contribution in [1.29, 1.82) is 0 Å². The monoisotopic (exact) mass is 354 g/mol. The first-order valence-electron chi connectivity index (χ1n) is 7.83. The maximum Gasteiger partial charge on any atom is 0.235 e. The lowest BCUT2D eigenvalue weighted by Crippen LogP contribution is -2.35. The summed E-state index contributed by atoms with van der Waals surface area (Å²) in [5.74, 6) is 1.96. The molecule has 0 aliphatic heterocycles. The SMILES string of the molecule is COc1ccc(-c2c(-c3c(OC)cc(OC)cc3OC)c(=O)c2=O)cc1. The van der Waals surface area contributed by atoms with Gasteiger partial charge in [0.1, 0.15) is 23.0 Å². The van der Waals surface area contributed by atoms with Crippen LogP contribution in [0.1, 0.15) is 0 Å².